The normalized spacial score (nSPS) is 10.4. The minimum absolute atomic E-state index is 0.704. The number of hydrogen-bond donors (Lipinski definition) is 1. The lowest BCUT2D eigenvalue weighted by Crippen LogP contribution is -2.16. The van der Waals surface area contributed by atoms with Crippen molar-refractivity contribution in [3.8, 4) is 6.07 Å². The highest BCUT2D eigenvalue weighted by Crippen LogP contribution is 2.06. The third-order valence-corrected chi connectivity index (χ3v) is 3.18. The van der Waals surface area contributed by atoms with E-state index in [1.165, 1.54) is 11.1 Å². The predicted octanol–water partition coefficient (Wildman–Crippen LogP) is 2.54. The van der Waals surface area contributed by atoms with E-state index in [4.69, 9.17) is 5.26 Å². The lowest BCUT2D eigenvalue weighted by atomic mass is 10.1. The minimum Gasteiger partial charge on any atom is -0.342 e. The van der Waals surface area contributed by atoms with Gasteiger partial charge in [-0.3, -0.25) is 0 Å². The molecule has 1 aromatic carbocycles. The van der Waals surface area contributed by atoms with E-state index in [1.54, 1.807) is 0 Å². The second-order valence-electron chi connectivity index (χ2n) is 4.87. The van der Waals surface area contributed by atoms with Crippen LogP contribution in [0.5, 0.6) is 0 Å². The van der Waals surface area contributed by atoms with Crippen molar-refractivity contribution < 1.29 is 0 Å². The first kappa shape index (κ1) is 13.4. The van der Waals surface area contributed by atoms with E-state index in [1.807, 2.05) is 23.9 Å². The zero-order valence-electron chi connectivity index (χ0n) is 11.5. The van der Waals surface area contributed by atoms with Gasteiger partial charge in [-0.05, 0) is 37.1 Å². The summed E-state index contributed by atoms with van der Waals surface area (Å²) in [5.41, 5.74) is 4.52. The average molecular weight is 253 g/mol. The monoisotopic (exact) mass is 253 g/mol. The molecule has 98 valence electrons. The predicted molar refractivity (Wildman–Crippen MR) is 76.7 cm³/mol. The van der Waals surface area contributed by atoms with Crippen LogP contribution in [0.1, 0.15) is 22.4 Å². The quantitative estimate of drug-likeness (QED) is 0.832. The van der Waals surface area contributed by atoms with E-state index < -0.39 is 0 Å². The van der Waals surface area contributed by atoms with Crippen molar-refractivity contribution >= 4 is 0 Å². The molecule has 0 spiro atoms. The number of aromatic nitrogens is 1. The van der Waals surface area contributed by atoms with E-state index in [-0.39, 0.29) is 0 Å². The zero-order chi connectivity index (χ0) is 13.7. The van der Waals surface area contributed by atoms with Gasteiger partial charge in [0.05, 0.1) is 0 Å². The number of hydrogen-bond acceptors (Lipinski definition) is 2. The molecule has 0 aliphatic carbocycles. The fourth-order valence-corrected chi connectivity index (χ4v) is 2.17. The summed E-state index contributed by atoms with van der Waals surface area (Å²) in [6.07, 6.45) is 3.03. The van der Waals surface area contributed by atoms with Crippen LogP contribution < -0.4 is 5.32 Å². The molecule has 1 aromatic heterocycles. The van der Waals surface area contributed by atoms with Gasteiger partial charge in [-0.15, -0.1) is 0 Å². The smallest absolute Gasteiger partial charge is 0.120 e. The van der Waals surface area contributed by atoms with Gasteiger partial charge in [-0.25, -0.2) is 0 Å². The average Bonchev–Trinajstić information content (AvgIpc) is 2.75. The summed E-state index contributed by atoms with van der Waals surface area (Å²) in [7, 11) is 1.90. The molecule has 0 bridgehead atoms. The van der Waals surface area contributed by atoms with E-state index >= 15 is 0 Å². The van der Waals surface area contributed by atoms with Gasteiger partial charge in [0.2, 0.25) is 0 Å². The van der Waals surface area contributed by atoms with E-state index in [9.17, 15) is 0 Å². The summed E-state index contributed by atoms with van der Waals surface area (Å²) < 4.78 is 1.86. The summed E-state index contributed by atoms with van der Waals surface area (Å²) in [6, 6.07) is 12.7. The molecule has 0 unspecified atom stereocenters. The highest BCUT2D eigenvalue weighted by molar-refractivity contribution is 5.28. The highest BCUT2D eigenvalue weighted by Gasteiger charge is 2.01. The van der Waals surface area contributed by atoms with Crippen LogP contribution in [0.2, 0.25) is 0 Å². The SMILES string of the molecule is Cc1cccc(CCNCc2cc(C#N)n(C)c2)c1. The van der Waals surface area contributed by atoms with Crippen molar-refractivity contribution in [3.05, 3.63) is 58.9 Å². The largest absolute Gasteiger partial charge is 0.342 e. The first-order chi connectivity index (χ1) is 9.19. The number of nitrogens with zero attached hydrogens (tertiary/aromatic N) is 2. The number of benzene rings is 1. The molecule has 3 heteroatoms. The van der Waals surface area contributed by atoms with Gasteiger partial charge < -0.3 is 9.88 Å². The van der Waals surface area contributed by atoms with Gasteiger partial charge in [0.15, 0.2) is 0 Å². The lowest BCUT2D eigenvalue weighted by molar-refractivity contribution is 0.685. The number of nitrogens with one attached hydrogen (secondary N) is 1. The maximum absolute atomic E-state index is 8.89. The Morgan fingerprint density at radius 3 is 2.79 bits per heavy atom. The maximum Gasteiger partial charge on any atom is 0.120 e. The van der Waals surface area contributed by atoms with Crippen LogP contribution in [0.4, 0.5) is 0 Å². The van der Waals surface area contributed by atoms with Crippen molar-refractivity contribution in [2.75, 3.05) is 6.54 Å². The van der Waals surface area contributed by atoms with Crippen LogP contribution in [-0.2, 0) is 20.0 Å². The van der Waals surface area contributed by atoms with Crippen LogP contribution in [0, 0.1) is 18.3 Å². The molecule has 19 heavy (non-hydrogen) atoms. The summed E-state index contributed by atoms with van der Waals surface area (Å²) in [6.45, 7) is 3.87. The van der Waals surface area contributed by atoms with Gasteiger partial charge >= 0.3 is 0 Å². The van der Waals surface area contributed by atoms with E-state index in [0.29, 0.717) is 5.69 Å². The standard InChI is InChI=1S/C16H19N3/c1-13-4-3-5-14(8-13)6-7-18-11-15-9-16(10-17)19(2)12-15/h3-5,8-9,12,18H,6-7,11H2,1-2H3. The molecule has 0 fully saturated rings. The first-order valence-corrected chi connectivity index (χ1v) is 6.50. The zero-order valence-corrected chi connectivity index (χ0v) is 11.5. The van der Waals surface area contributed by atoms with Gasteiger partial charge in [-0.1, -0.05) is 29.8 Å². The molecule has 0 saturated carbocycles. The second-order valence-corrected chi connectivity index (χ2v) is 4.87. The molecule has 0 aliphatic rings. The Hall–Kier alpha value is -2.05. The molecular weight excluding hydrogens is 234 g/mol. The van der Waals surface area contributed by atoms with Gasteiger partial charge in [0.1, 0.15) is 11.8 Å². The Morgan fingerprint density at radius 2 is 2.11 bits per heavy atom. The van der Waals surface area contributed by atoms with Crippen molar-refractivity contribution in [1.29, 1.82) is 5.26 Å². The van der Waals surface area contributed by atoms with E-state index in [2.05, 4.69) is 42.6 Å². The molecule has 2 rings (SSSR count). The Balaban J connectivity index is 1.79. The van der Waals surface area contributed by atoms with Crippen LogP contribution >= 0.6 is 0 Å². The number of aryl methyl sites for hydroxylation is 2. The molecular formula is C16H19N3. The van der Waals surface area contributed by atoms with Crippen molar-refractivity contribution in [2.24, 2.45) is 7.05 Å². The molecule has 3 nitrogen and oxygen atoms in total. The Bertz CT molecular complexity index is 590. The molecule has 2 aromatic rings. The Kier molecular flexibility index (Phi) is 4.38. The Morgan fingerprint density at radius 1 is 1.26 bits per heavy atom. The maximum atomic E-state index is 8.89. The van der Waals surface area contributed by atoms with Gasteiger partial charge in [-0.2, -0.15) is 5.26 Å². The van der Waals surface area contributed by atoms with Crippen molar-refractivity contribution in [3.63, 3.8) is 0 Å². The lowest BCUT2D eigenvalue weighted by Gasteiger charge is -2.04. The minimum atomic E-state index is 0.704. The summed E-state index contributed by atoms with van der Waals surface area (Å²) >= 11 is 0. The van der Waals surface area contributed by atoms with Crippen molar-refractivity contribution in [2.45, 2.75) is 19.9 Å². The topological polar surface area (TPSA) is 40.8 Å². The second kappa shape index (κ2) is 6.21. The van der Waals surface area contributed by atoms with Crippen molar-refractivity contribution in [1.82, 2.24) is 9.88 Å². The van der Waals surface area contributed by atoms with Crippen LogP contribution in [0.25, 0.3) is 0 Å². The summed E-state index contributed by atoms with van der Waals surface area (Å²) in [4.78, 5) is 0. The molecule has 0 atom stereocenters. The highest BCUT2D eigenvalue weighted by atomic mass is 14.9. The fourth-order valence-electron chi connectivity index (χ4n) is 2.17. The van der Waals surface area contributed by atoms with E-state index in [0.717, 1.165) is 25.1 Å². The third-order valence-electron chi connectivity index (χ3n) is 3.18. The van der Waals surface area contributed by atoms with Crippen LogP contribution in [0.3, 0.4) is 0 Å². The number of rotatable bonds is 5. The number of nitriles is 1. The molecule has 1 N–H and O–H groups in total. The van der Waals surface area contributed by atoms with Gasteiger partial charge in [0.25, 0.3) is 0 Å². The first-order valence-electron chi connectivity index (χ1n) is 6.50. The molecule has 0 amide bonds. The Labute approximate surface area is 114 Å². The molecule has 1 heterocycles. The summed E-state index contributed by atoms with van der Waals surface area (Å²) in [5, 5.41) is 12.3. The third kappa shape index (κ3) is 3.70. The van der Waals surface area contributed by atoms with Crippen LogP contribution in [-0.4, -0.2) is 11.1 Å². The molecule has 0 saturated heterocycles. The molecule has 0 aliphatic heterocycles. The van der Waals surface area contributed by atoms with Gasteiger partial charge in [0, 0.05) is 19.8 Å². The van der Waals surface area contributed by atoms with Crippen LogP contribution in [0.15, 0.2) is 36.5 Å². The summed E-state index contributed by atoms with van der Waals surface area (Å²) in [5.74, 6) is 0. The molecule has 0 radical (unpaired) electrons. The fraction of sp³-hybridized carbons (Fsp3) is 0.312.